The zero-order valence-corrected chi connectivity index (χ0v) is 12.1. The van der Waals surface area contributed by atoms with E-state index in [9.17, 15) is 13.5 Å². The average molecular weight is 304 g/mol. The zero-order chi connectivity index (χ0) is 13.9. The third-order valence-corrected chi connectivity index (χ3v) is 6.17. The molecular weight excluding hydrogens is 286 g/mol. The SMILES string of the molecule is O=S(=O)([C@@H](Cl)[C@H](O)c1ccccc1)N1CCCCC1. The summed E-state index contributed by atoms with van der Waals surface area (Å²) in [5.41, 5.74) is 0.517. The Hall–Kier alpha value is -0.620. The molecule has 0 radical (unpaired) electrons. The van der Waals surface area contributed by atoms with Gasteiger partial charge in [0.2, 0.25) is 10.0 Å². The van der Waals surface area contributed by atoms with Gasteiger partial charge in [-0.05, 0) is 18.4 Å². The topological polar surface area (TPSA) is 57.6 Å². The van der Waals surface area contributed by atoms with Crippen molar-refractivity contribution in [3.05, 3.63) is 35.9 Å². The van der Waals surface area contributed by atoms with Crippen LogP contribution in [-0.2, 0) is 10.0 Å². The first kappa shape index (κ1) is 14.8. The van der Waals surface area contributed by atoms with Crippen LogP contribution < -0.4 is 0 Å². The molecule has 1 aromatic rings. The van der Waals surface area contributed by atoms with Crippen molar-refractivity contribution in [2.45, 2.75) is 30.1 Å². The number of hydrogen-bond acceptors (Lipinski definition) is 3. The van der Waals surface area contributed by atoms with Gasteiger partial charge in [0.1, 0.15) is 6.10 Å². The van der Waals surface area contributed by atoms with Gasteiger partial charge >= 0.3 is 0 Å². The highest BCUT2D eigenvalue weighted by Crippen LogP contribution is 2.28. The number of rotatable bonds is 4. The molecule has 0 unspecified atom stereocenters. The summed E-state index contributed by atoms with van der Waals surface area (Å²) >= 11 is 6.01. The number of piperidine rings is 1. The number of aliphatic hydroxyl groups excluding tert-OH is 1. The Morgan fingerprint density at radius 2 is 1.68 bits per heavy atom. The van der Waals surface area contributed by atoms with Crippen LogP contribution in [0.25, 0.3) is 0 Å². The Balaban J connectivity index is 2.15. The summed E-state index contributed by atoms with van der Waals surface area (Å²) in [4.78, 5) is 0. The van der Waals surface area contributed by atoms with Gasteiger partial charge in [-0.1, -0.05) is 36.8 Å². The third-order valence-electron chi connectivity index (χ3n) is 3.35. The van der Waals surface area contributed by atoms with E-state index in [0.29, 0.717) is 18.7 Å². The Labute approximate surface area is 119 Å². The molecule has 0 spiro atoms. The molecule has 0 saturated carbocycles. The number of sulfonamides is 1. The Kier molecular flexibility index (Phi) is 4.84. The summed E-state index contributed by atoms with van der Waals surface area (Å²) in [5, 5.41) is 10.1. The van der Waals surface area contributed by atoms with E-state index in [1.807, 2.05) is 0 Å². The fourth-order valence-corrected chi connectivity index (χ4v) is 4.24. The summed E-state index contributed by atoms with van der Waals surface area (Å²) in [5.74, 6) is 0. The van der Waals surface area contributed by atoms with E-state index >= 15 is 0 Å². The van der Waals surface area contributed by atoms with Gasteiger partial charge in [0, 0.05) is 13.1 Å². The van der Waals surface area contributed by atoms with Crippen LogP contribution in [0.1, 0.15) is 30.9 Å². The van der Waals surface area contributed by atoms with Gasteiger partial charge in [0.25, 0.3) is 0 Å². The van der Waals surface area contributed by atoms with E-state index in [2.05, 4.69) is 0 Å². The van der Waals surface area contributed by atoms with Crippen LogP contribution in [0.4, 0.5) is 0 Å². The minimum Gasteiger partial charge on any atom is -0.386 e. The lowest BCUT2D eigenvalue weighted by atomic mass is 10.1. The molecule has 0 bridgehead atoms. The maximum absolute atomic E-state index is 12.3. The Morgan fingerprint density at radius 3 is 2.26 bits per heavy atom. The standard InChI is InChI=1S/C13H18ClNO3S/c14-13(12(16)11-7-3-1-4-8-11)19(17,18)15-9-5-2-6-10-15/h1,3-4,7-8,12-13,16H,2,5-6,9-10H2/t12-,13-/m1/s1. The molecule has 1 aromatic carbocycles. The van der Waals surface area contributed by atoms with Crippen LogP contribution in [0, 0.1) is 0 Å². The molecule has 1 N–H and O–H groups in total. The zero-order valence-electron chi connectivity index (χ0n) is 10.6. The first-order valence-corrected chi connectivity index (χ1v) is 8.33. The number of nitrogens with zero attached hydrogens (tertiary/aromatic N) is 1. The molecule has 6 heteroatoms. The van der Waals surface area contributed by atoms with Crippen LogP contribution in [0.2, 0.25) is 0 Å². The highest BCUT2D eigenvalue weighted by molar-refractivity contribution is 7.91. The fraction of sp³-hybridized carbons (Fsp3) is 0.538. The van der Waals surface area contributed by atoms with Crippen LogP contribution in [0.15, 0.2) is 30.3 Å². The lowest BCUT2D eigenvalue weighted by Crippen LogP contribution is -2.41. The van der Waals surface area contributed by atoms with Crippen molar-refractivity contribution in [3.8, 4) is 0 Å². The predicted octanol–water partition coefficient (Wildman–Crippen LogP) is 2.10. The summed E-state index contributed by atoms with van der Waals surface area (Å²) in [6.45, 7) is 0.986. The van der Waals surface area contributed by atoms with Gasteiger partial charge in [0.15, 0.2) is 4.71 Å². The average Bonchev–Trinajstić information content (AvgIpc) is 2.47. The van der Waals surface area contributed by atoms with E-state index in [4.69, 9.17) is 11.6 Å². The van der Waals surface area contributed by atoms with Gasteiger partial charge in [-0.15, -0.1) is 11.6 Å². The van der Waals surface area contributed by atoms with Crippen LogP contribution in [0.3, 0.4) is 0 Å². The minimum atomic E-state index is -3.66. The number of hydrogen-bond donors (Lipinski definition) is 1. The molecular formula is C13H18ClNO3S. The molecule has 19 heavy (non-hydrogen) atoms. The molecule has 0 aromatic heterocycles. The highest BCUT2D eigenvalue weighted by atomic mass is 35.5. The van der Waals surface area contributed by atoms with E-state index in [1.165, 1.54) is 4.31 Å². The van der Waals surface area contributed by atoms with Gasteiger partial charge in [-0.3, -0.25) is 0 Å². The van der Waals surface area contributed by atoms with Crippen molar-refractivity contribution in [1.29, 1.82) is 0 Å². The van der Waals surface area contributed by atoms with Gasteiger partial charge in [-0.25, -0.2) is 12.7 Å². The predicted molar refractivity (Wildman–Crippen MR) is 75.4 cm³/mol. The second kappa shape index (κ2) is 6.22. The van der Waals surface area contributed by atoms with Crippen molar-refractivity contribution >= 4 is 21.6 Å². The molecule has 106 valence electrons. The normalized spacial score (nSPS) is 20.9. The van der Waals surface area contributed by atoms with E-state index < -0.39 is 20.8 Å². The Bertz CT molecular complexity index is 500. The Morgan fingerprint density at radius 1 is 1.11 bits per heavy atom. The first-order valence-electron chi connectivity index (χ1n) is 6.39. The van der Waals surface area contributed by atoms with Crippen LogP contribution >= 0.6 is 11.6 Å². The van der Waals surface area contributed by atoms with Gasteiger partial charge in [0.05, 0.1) is 0 Å². The molecule has 1 heterocycles. The molecule has 2 atom stereocenters. The first-order chi connectivity index (χ1) is 9.03. The maximum Gasteiger partial charge on any atom is 0.234 e. The summed E-state index contributed by atoms with van der Waals surface area (Å²) < 4.78 is 24.7. The van der Waals surface area contributed by atoms with Gasteiger partial charge in [-0.2, -0.15) is 0 Å². The molecule has 0 amide bonds. The minimum absolute atomic E-state index is 0.493. The number of aliphatic hydroxyl groups is 1. The second-order valence-electron chi connectivity index (χ2n) is 4.71. The highest BCUT2D eigenvalue weighted by Gasteiger charge is 2.36. The van der Waals surface area contributed by atoms with Gasteiger partial charge < -0.3 is 5.11 Å². The van der Waals surface area contributed by atoms with E-state index in [-0.39, 0.29) is 0 Å². The van der Waals surface area contributed by atoms with Crippen molar-refractivity contribution in [3.63, 3.8) is 0 Å². The summed E-state index contributed by atoms with van der Waals surface area (Å²) in [7, 11) is -3.66. The monoisotopic (exact) mass is 303 g/mol. The molecule has 1 fully saturated rings. The number of alkyl halides is 1. The molecule has 1 saturated heterocycles. The largest absolute Gasteiger partial charge is 0.386 e. The lowest BCUT2D eigenvalue weighted by molar-refractivity contribution is 0.188. The molecule has 0 aliphatic carbocycles. The van der Waals surface area contributed by atoms with E-state index in [1.54, 1.807) is 30.3 Å². The van der Waals surface area contributed by atoms with Crippen molar-refractivity contribution < 1.29 is 13.5 Å². The smallest absolute Gasteiger partial charge is 0.234 e. The molecule has 4 nitrogen and oxygen atoms in total. The maximum atomic E-state index is 12.3. The van der Waals surface area contributed by atoms with Crippen LogP contribution in [-0.4, -0.2) is 35.6 Å². The third kappa shape index (κ3) is 3.28. The van der Waals surface area contributed by atoms with Crippen LogP contribution in [0.5, 0.6) is 0 Å². The second-order valence-corrected chi connectivity index (χ2v) is 7.49. The summed E-state index contributed by atoms with van der Waals surface area (Å²) in [6.07, 6.45) is 1.53. The molecule has 1 aliphatic rings. The van der Waals surface area contributed by atoms with Crippen molar-refractivity contribution in [2.24, 2.45) is 0 Å². The fourth-order valence-electron chi connectivity index (χ4n) is 2.23. The number of benzene rings is 1. The summed E-state index contributed by atoms with van der Waals surface area (Å²) in [6, 6.07) is 8.64. The quantitative estimate of drug-likeness (QED) is 0.867. The number of halogens is 1. The van der Waals surface area contributed by atoms with E-state index in [0.717, 1.165) is 19.3 Å². The lowest BCUT2D eigenvalue weighted by Gasteiger charge is -2.29. The van der Waals surface area contributed by atoms with Crippen molar-refractivity contribution in [2.75, 3.05) is 13.1 Å². The van der Waals surface area contributed by atoms with Crippen molar-refractivity contribution in [1.82, 2.24) is 4.31 Å². The molecule has 1 aliphatic heterocycles. The molecule has 2 rings (SSSR count).